The number of anilines is 2. The van der Waals surface area contributed by atoms with Crippen molar-refractivity contribution in [2.24, 2.45) is 0 Å². The van der Waals surface area contributed by atoms with E-state index >= 15 is 0 Å². The Morgan fingerprint density at radius 1 is 1.14 bits per heavy atom. The first kappa shape index (κ1) is 19.3. The number of hydrogen-bond donors (Lipinski definition) is 2. The lowest BCUT2D eigenvalue weighted by atomic mass is 10.2. The number of amides is 2. The van der Waals surface area contributed by atoms with Gasteiger partial charge in [-0.15, -0.1) is 11.3 Å². The summed E-state index contributed by atoms with van der Waals surface area (Å²) in [6.07, 6.45) is 3.89. The van der Waals surface area contributed by atoms with Crippen LogP contribution in [0.1, 0.15) is 47.2 Å². The SMILES string of the molecule is CC(=O)Nc1cccc(NC(=O)c2sc3nc4n(c(=O)c3c2C)CCCCC4)c1. The van der Waals surface area contributed by atoms with Crippen molar-refractivity contribution in [1.82, 2.24) is 9.55 Å². The molecule has 2 aromatic heterocycles. The van der Waals surface area contributed by atoms with Crippen molar-refractivity contribution in [3.05, 3.63) is 50.9 Å². The maximum absolute atomic E-state index is 13.0. The van der Waals surface area contributed by atoms with E-state index < -0.39 is 0 Å². The number of aromatic nitrogens is 2. The van der Waals surface area contributed by atoms with Gasteiger partial charge in [-0.2, -0.15) is 0 Å². The largest absolute Gasteiger partial charge is 0.326 e. The van der Waals surface area contributed by atoms with Gasteiger partial charge in [0, 0.05) is 31.3 Å². The number of fused-ring (bicyclic) bond motifs is 2. The normalized spacial score (nSPS) is 13.6. The van der Waals surface area contributed by atoms with Gasteiger partial charge in [-0.05, 0) is 43.5 Å². The van der Waals surface area contributed by atoms with Crippen LogP contribution in [0.4, 0.5) is 11.4 Å². The summed E-state index contributed by atoms with van der Waals surface area (Å²) >= 11 is 1.25. The molecular weight excluding hydrogens is 388 g/mol. The second kappa shape index (κ2) is 7.79. The van der Waals surface area contributed by atoms with E-state index in [0.29, 0.717) is 38.6 Å². The van der Waals surface area contributed by atoms with E-state index in [1.165, 1.54) is 18.3 Å². The van der Waals surface area contributed by atoms with E-state index in [1.54, 1.807) is 35.8 Å². The summed E-state index contributed by atoms with van der Waals surface area (Å²) in [7, 11) is 0. The number of aryl methyl sites for hydroxylation is 2. The van der Waals surface area contributed by atoms with Crippen LogP contribution >= 0.6 is 11.3 Å². The standard InChI is InChI=1S/C21H22N4O3S/c1-12-17-20(24-16-9-4-3-5-10-25(16)21(17)28)29-18(12)19(27)23-15-8-6-7-14(11-15)22-13(2)26/h6-8,11H,3-5,9-10H2,1-2H3,(H,22,26)(H,23,27). The smallest absolute Gasteiger partial charge is 0.266 e. The fourth-order valence-electron chi connectivity index (χ4n) is 3.69. The molecule has 0 unspecified atom stereocenters. The number of hydrogen-bond acceptors (Lipinski definition) is 5. The van der Waals surface area contributed by atoms with Gasteiger partial charge in [0.25, 0.3) is 11.5 Å². The summed E-state index contributed by atoms with van der Waals surface area (Å²) in [5.74, 6) is 0.349. The molecule has 0 saturated carbocycles. The van der Waals surface area contributed by atoms with Crippen LogP contribution in [0.15, 0.2) is 29.1 Å². The van der Waals surface area contributed by atoms with Gasteiger partial charge in [0.15, 0.2) is 0 Å². The molecule has 0 radical (unpaired) electrons. The molecule has 150 valence electrons. The zero-order chi connectivity index (χ0) is 20.5. The van der Waals surface area contributed by atoms with Gasteiger partial charge in [-0.1, -0.05) is 12.5 Å². The Labute approximate surface area is 171 Å². The minimum atomic E-state index is -0.287. The van der Waals surface area contributed by atoms with Gasteiger partial charge in [0.2, 0.25) is 5.91 Å². The van der Waals surface area contributed by atoms with Crippen molar-refractivity contribution in [3.8, 4) is 0 Å². The van der Waals surface area contributed by atoms with Gasteiger partial charge in [0.05, 0.1) is 10.3 Å². The average Bonchev–Trinajstić information content (AvgIpc) is 2.84. The molecule has 1 aromatic carbocycles. The Kier molecular flexibility index (Phi) is 5.19. The predicted octanol–water partition coefficient (Wildman–Crippen LogP) is 3.70. The fraction of sp³-hybridized carbons (Fsp3) is 0.333. The van der Waals surface area contributed by atoms with E-state index in [9.17, 15) is 14.4 Å². The maximum Gasteiger partial charge on any atom is 0.266 e. The third-order valence-electron chi connectivity index (χ3n) is 5.06. The fourth-order valence-corrected chi connectivity index (χ4v) is 4.78. The lowest BCUT2D eigenvalue weighted by Crippen LogP contribution is -2.24. The molecule has 4 rings (SSSR count). The van der Waals surface area contributed by atoms with Gasteiger partial charge in [0.1, 0.15) is 10.7 Å². The Balaban J connectivity index is 1.68. The molecular formula is C21H22N4O3S. The highest BCUT2D eigenvalue weighted by molar-refractivity contribution is 7.20. The Bertz CT molecular complexity index is 1180. The molecule has 2 amide bonds. The van der Waals surface area contributed by atoms with Crippen LogP contribution in [0, 0.1) is 6.92 Å². The molecule has 29 heavy (non-hydrogen) atoms. The highest BCUT2D eigenvalue weighted by Gasteiger charge is 2.22. The molecule has 1 aliphatic rings. The summed E-state index contributed by atoms with van der Waals surface area (Å²) in [6.45, 7) is 3.91. The second-order valence-electron chi connectivity index (χ2n) is 7.25. The zero-order valence-corrected chi connectivity index (χ0v) is 17.2. The first-order valence-corrected chi connectivity index (χ1v) is 10.5. The summed E-state index contributed by atoms with van der Waals surface area (Å²) < 4.78 is 1.77. The monoisotopic (exact) mass is 410 g/mol. The number of nitrogens with one attached hydrogen (secondary N) is 2. The molecule has 2 N–H and O–H groups in total. The molecule has 3 heterocycles. The van der Waals surface area contributed by atoms with Gasteiger partial charge in [-0.25, -0.2) is 4.98 Å². The average molecular weight is 410 g/mol. The Morgan fingerprint density at radius 2 is 1.90 bits per heavy atom. The summed E-state index contributed by atoms with van der Waals surface area (Å²) in [5, 5.41) is 6.09. The lowest BCUT2D eigenvalue weighted by molar-refractivity contribution is -0.114. The Morgan fingerprint density at radius 3 is 2.66 bits per heavy atom. The van der Waals surface area contributed by atoms with E-state index in [1.807, 2.05) is 0 Å². The van der Waals surface area contributed by atoms with Crippen molar-refractivity contribution in [3.63, 3.8) is 0 Å². The number of rotatable bonds is 3. The van der Waals surface area contributed by atoms with E-state index in [0.717, 1.165) is 31.5 Å². The number of carbonyl (C=O) groups excluding carboxylic acids is 2. The number of carbonyl (C=O) groups is 2. The zero-order valence-electron chi connectivity index (χ0n) is 16.4. The molecule has 0 bridgehead atoms. The number of thiophene rings is 1. The van der Waals surface area contributed by atoms with Crippen molar-refractivity contribution >= 4 is 44.7 Å². The van der Waals surface area contributed by atoms with Crippen LogP contribution in [0.3, 0.4) is 0 Å². The molecule has 0 saturated heterocycles. The third kappa shape index (κ3) is 3.80. The van der Waals surface area contributed by atoms with Crippen LogP contribution in [0.25, 0.3) is 10.2 Å². The van der Waals surface area contributed by atoms with E-state index in [-0.39, 0.29) is 17.4 Å². The summed E-state index contributed by atoms with van der Waals surface area (Å²) in [6, 6.07) is 6.95. The van der Waals surface area contributed by atoms with Gasteiger partial charge in [-0.3, -0.25) is 19.0 Å². The first-order chi connectivity index (χ1) is 13.9. The van der Waals surface area contributed by atoms with Crippen molar-refractivity contribution < 1.29 is 9.59 Å². The number of nitrogens with zero attached hydrogens (tertiary/aromatic N) is 2. The van der Waals surface area contributed by atoms with Crippen molar-refractivity contribution in [2.75, 3.05) is 10.6 Å². The van der Waals surface area contributed by atoms with Crippen LogP contribution in [-0.2, 0) is 17.8 Å². The lowest BCUT2D eigenvalue weighted by Gasteiger charge is -2.08. The van der Waals surface area contributed by atoms with E-state index in [2.05, 4.69) is 10.6 Å². The van der Waals surface area contributed by atoms with Gasteiger partial charge >= 0.3 is 0 Å². The maximum atomic E-state index is 13.0. The van der Waals surface area contributed by atoms with Crippen LogP contribution in [-0.4, -0.2) is 21.4 Å². The van der Waals surface area contributed by atoms with E-state index in [4.69, 9.17) is 4.98 Å². The minimum absolute atomic E-state index is 0.0487. The minimum Gasteiger partial charge on any atom is -0.326 e. The number of benzene rings is 1. The highest BCUT2D eigenvalue weighted by atomic mass is 32.1. The Hall–Kier alpha value is -3.00. The molecule has 3 aromatic rings. The topological polar surface area (TPSA) is 93.1 Å². The summed E-state index contributed by atoms with van der Waals surface area (Å²) in [5.41, 5.74) is 1.79. The second-order valence-corrected chi connectivity index (χ2v) is 8.25. The molecule has 0 spiro atoms. The third-order valence-corrected chi connectivity index (χ3v) is 6.24. The quantitative estimate of drug-likeness (QED) is 0.688. The predicted molar refractivity (Wildman–Crippen MR) is 115 cm³/mol. The summed E-state index contributed by atoms with van der Waals surface area (Å²) in [4.78, 5) is 43.0. The molecule has 7 nitrogen and oxygen atoms in total. The highest BCUT2D eigenvalue weighted by Crippen LogP contribution is 2.29. The van der Waals surface area contributed by atoms with Crippen LogP contribution in [0.5, 0.6) is 0 Å². The van der Waals surface area contributed by atoms with Crippen LogP contribution < -0.4 is 16.2 Å². The molecule has 8 heteroatoms. The van der Waals surface area contributed by atoms with Crippen LogP contribution in [0.2, 0.25) is 0 Å². The molecule has 1 aliphatic heterocycles. The molecule has 0 fully saturated rings. The first-order valence-electron chi connectivity index (χ1n) is 9.66. The molecule has 0 aliphatic carbocycles. The van der Waals surface area contributed by atoms with Crippen molar-refractivity contribution in [2.45, 2.75) is 46.1 Å². The van der Waals surface area contributed by atoms with Gasteiger partial charge < -0.3 is 10.6 Å². The molecule has 0 atom stereocenters. The van der Waals surface area contributed by atoms with Crippen molar-refractivity contribution in [1.29, 1.82) is 0 Å².